The molecule has 11 heavy (non-hydrogen) atoms. The lowest BCUT2D eigenvalue weighted by atomic mass is 10.3. The van der Waals surface area contributed by atoms with Crippen LogP contribution in [0.4, 0.5) is 0 Å². The molecule has 1 saturated carbocycles. The van der Waals surface area contributed by atoms with E-state index in [2.05, 4.69) is 10.0 Å². The zero-order valence-corrected chi connectivity index (χ0v) is 7.02. The molecule has 0 bridgehead atoms. The third-order valence-electron chi connectivity index (χ3n) is 2.09. The van der Waals surface area contributed by atoms with Crippen LogP contribution in [0.1, 0.15) is 12.8 Å². The summed E-state index contributed by atoms with van der Waals surface area (Å²) in [4.78, 5) is 0. The van der Waals surface area contributed by atoms with Crippen molar-refractivity contribution in [2.75, 3.05) is 13.1 Å². The van der Waals surface area contributed by atoms with Crippen molar-refractivity contribution in [1.29, 1.82) is 0 Å². The molecule has 0 atom stereocenters. The molecule has 2 N–H and O–H groups in total. The number of hydrogen-bond donors (Lipinski definition) is 2. The van der Waals surface area contributed by atoms with Gasteiger partial charge in [0.2, 0.25) is 10.0 Å². The monoisotopic (exact) mass is 176 g/mol. The smallest absolute Gasteiger partial charge is 0.217 e. The van der Waals surface area contributed by atoms with Gasteiger partial charge in [0.25, 0.3) is 0 Å². The summed E-state index contributed by atoms with van der Waals surface area (Å²) in [7, 11) is -2.97. The maximum atomic E-state index is 11.3. The van der Waals surface area contributed by atoms with Gasteiger partial charge < -0.3 is 5.32 Å². The largest absolute Gasteiger partial charge is 0.314 e. The topological polar surface area (TPSA) is 58.2 Å². The van der Waals surface area contributed by atoms with Crippen molar-refractivity contribution in [3.05, 3.63) is 0 Å². The van der Waals surface area contributed by atoms with Gasteiger partial charge in [-0.3, -0.25) is 0 Å². The Morgan fingerprint density at radius 1 is 1.27 bits per heavy atom. The summed E-state index contributed by atoms with van der Waals surface area (Å²) in [6.07, 6.45) is 2.03. The zero-order chi connectivity index (χ0) is 7.90. The van der Waals surface area contributed by atoms with Crippen molar-refractivity contribution in [1.82, 2.24) is 10.0 Å². The Labute approximate surface area is 66.4 Å². The molecule has 0 radical (unpaired) electrons. The molecular formula is C6H12N2O2S. The Kier molecular flexibility index (Phi) is 1.66. The molecule has 5 heteroatoms. The van der Waals surface area contributed by atoms with E-state index in [4.69, 9.17) is 0 Å². The third kappa shape index (κ3) is 1.55. The van der Waals surface area contributed by atoms with E-state index >= 15 is 0 Å². The maximum absolute atomic E-state index is 11.3. The first kappa shape index (κ1) is 7.52. The van der Waals surface area contributed by atoms with Crippen molar-refractivity contribution in [2.45, 2.75) is 24.1 Å². The molecule has 1 aliphatic carbocycles. The Hall–Kier alpha value is -0.130. The van der Waals surface area contributed by atoms with Gasteiger partial charge in [0, 0.05) is 19.1 Å². The molecule has 4 nitrogen and oxygen atoms in total. The van der Waals surface area contributed by atoms with Crippen LogP contribution < -0.4 is 10.0 Å². The van der Waals surface area contributed by atoms with Crippen molar-refractivity contribution in [3.8, 4) is 0 Å². The first-order valence-electron chi connectivity index (χ1n) is 3.90. The van der Waals surface area contributed by atoms with E-state index in [1.54, 1.807) is 0 Å². The van der Waals surface area contributed by atoms with Crippen LogP contribution in [0, 0.1) is 0 Å². The molecule has 0 aromatic heterocycles. The highest BCUT2D eigenvalue weighted by Gasteiger charge is 2.35. The van der Waals surface area contributed by atoms with Crippen LogP contribution >= 0.6 is 0 Å². The summed E-state index contributed by atoms with van der Waals surface area (Å²) >= 11 is 0. The fourth-order valence-corrected chi connectivity index (χ4v) is 2.58. The van der Waals surface area contributed by atoms with Gasteiger partial charge >= 0.3 is 0 Å². The normalized spacial score (nSPS) is 26.5. The number of rotatable bonds is 3. The van der Waals surface area contributed by atoms with E-state index < -0.39 is 10.0 Å². The van der Waals surface area contributed by atoms with Gasteiger partial charge in [0.1, 0.15) is 5.25 Å². The molecule has 0 aromatic carbocycles. The van der Waals surface area contributed by atoms with Crippen LogP contribution in [0.5, 0.6) is 0 Å². The van der Waals surface area contributed by atoms with Gasteiger partial charge in [-0.2, -0.15) is 0 Å². The predicted molar refractivity (Wildman–Crippen MR) is 41.7 cm³/mol. The Balaban J connectivity index is 1.95. The standard InChI is InChI=1S/C6H12N2O2S/c9-11(10,6-3-7-4-6)8-5-1-2-5/h5-8H,1-4H2. The SMILES string of the molecule is O=S(=O)(NC1CC1)C1CNC1. The van der Waals surface area contributed by atoms with Crippen molar-refractivity contribution < 1.29 is 8.42 Å². The summed E-state index contributed by atoms with van der Waals surface area (Å²) in [5.41, 5.74) is 0. The fourth-order valence-electron chi connectivity index (χ4n) is 1.01. The van der Waals surface area contributed by atoms with Gasteiger partial charge in [-0.1, -0.05) is 0 Å². The summed E-state index contributed by atoms with van der Waals surface area (Å²) in [5.74, 6) is 0. The molecule has 0 amide bonds. The van der Waals surface area contributed by atoms with Crippen LogP contribution in [0.15, 0.2) is 0 Å². The Morgan fingerprint density at radius 2 is 1.91 bits per heavy atom. The summed E-state index contributed by atoms with van der Waals surface area (Å²) < 4.78 is 25.3. The van der Waals surface area contributed by atoms with Crippen LogP contribution in [0.3, 0.4) is 0 Å². The molecule has 1 saturated heterocycles. The second kappa shape index (κ2) is 2.43. The lowest BCUT2D eigenvalue weighted by molar-refractivity contribution is 0.487. The average molecular weight is 176 g/mol. The van der Waals surface area contributed by atoms with Gasteiger partial charge in [-0.25, -0.2) is 13.1 Å². The van der Waals surface area contributed by atoms with Gasteiger partial charge in [-0.05, 0) is 12.8 Å². The zero-order valence-electron chi connectivity index (χ0n) is 6.21. The molecule has 64 valence electrons. The lowest BCUT2D eigenvalue weighted by Crippen LogP contribution is -2.55. The second-order valence-corrected chi connectivity index (χ2v) is 5.21. The Bertz CT molecular complexity index is 241. The minimum Gasteiger partial charge on any atom is -0.314 e. The minimum absolute atomic E-state index is 0.178. The van der Waals surface area contributed by atoms with E-state index in [1.807, 2.05) is 0 Å². The highest BCUT2D eigenvalue weighted by Crippen LogP contribution is 2.21. The molecule has 0 aromatic rings. The molecule has 2 fully saturated rings. The summed E-state index contributed by atoms with van der Waals surface area (Å²) in [5, 5.41) is 2.76. The molecule has 2 rings (SSSR count). The first-order chi connectivity index (χ1) is 5.18. The van der Waals surface area contributed by atoms with Crippen LogP contribution in [0.25, 0.3) is 0 Å². The molecule has 0 unspecified atom stereocenters. The number of nitrogens with one attached hydrogen (secondary N) is 2. The highest BCUT2D eigenvalue weighted by molar-refractivity contribution is 7.90. The Morgan fingerprint density at radius 3 is 2.27 bits per heavy atom. The van der Waals surface area contributed by atoms with Crippen molar-refractivity contribution in [2.24, 2.45) is 0 Å². The van der Waals surface area contributed by atoms with Gasteiger partial charge in [-0.15, -0.1) is 0 Å². The predicted octanol–water partition coefficient (Wildman–Crippen LogP) is -0.960. The van der Waals surface area contributed by atoms with E-state index in [9.17, 15) is 8.42 Å². The molecule has 1 heterocycles. The van der Waals surface area contributed by atoms with Crippen LogP contribution in [0.2, 0.25) is 0 Å². The third-order valence-corrected chi connectivity index (χ3v) is 3.96. The fraction of sp³-hybridized carbons (Fsp3) is 1.00. The maximum Gasteiger partial charge on any atom is 0.217 e. The molecule has 2 aliphatic rings. The average Bonchev–Trinajstić information content (AvgIpc) is 2.40. The van der Waals surface area contributed by atoms with E-state index in [1.165, 1.54) is 0 Å². The van der Waals surface area contributed by atoms with Gasteiger partial charge in [0.15, 0.2) is 0 Å². The lowest BCUT2D eigenvalue weighted by Gasteiger charge is -2.26. The van der Waals surface area contributed by atoms with E-state index in [0.717, 1.165) is 12.8 Å². The van der Waals surface area contributed by atoms with E-state index in [-0.39, 0.29) is 11.3 Å². The second-order valence-electron chi connectivity index (χ2n) is 3.22. The van der Waals surface area contributed by atoms with Crippen LogP contribution in [-0.4, -0.2) is 32.8 Å². The summed E-state index contributed by atoms with van der Waals surface area (Å²) in [6.45, 7) is 1.23. The minimum atomic E-state index is -2.97. The first-order valence-corrected chi connectivity index (χ1v) is 5.45. The molecule has 0 spiro atoms. The quantitative estimate of drug-likeness (QED) is 0.582. The summed E-state index contributed by atoms with van der Waals surface area (Å²) in [6, 6.07) is 0.251. The highest BCUT2D eigenvalue weighted by atomic mass is 32.2. The van der Waals surface area contributed by atoms with Crippen molar-refractivity contribution >= 4 is 10.0 Å². The molecule has 1 aliphatic heterocycles. The number of hydrogen-bond acceptors (Lipinski definition) is 3. The van der Waals surface area contributed by atoms with Gasteiger partial charge in [0.05, 0.1) is 0 Å². The van der Waals surface area contributed by atoms with Crippen LogP contribution in [-0.2, 0) is 10.0 Å². The van der Waals surface area contributed by atoms with Crippen molar-refractivity contribution in [3.63, 3.8) is 0 Å². The van der Waals surface area contributed by atoms with E-state index in [0.29, 0.717) is 13.1 Å². The number of sulfonamides is 1. The molecular weight excluding hydrogens is 164 g/mol.